The summed E-state index contributed by atoms with van der Waals surface area (Å²) in [5.74, 6) is 0. The van der Waals surface area contributed by atoms with E-state index >= 15 is 0 Å². The van der Waals surface area contributed by atoms with Crippen molar-refractivity contribution in [3.63, 3.8) is 0 Å². The highest BCUT2D eigenvalue weighted by Crippen LogP contribution is 2.38. The van der Waals surface area contributed by atoms with Crippen molar-refractivity contribution < 1.29 is 9.80 Å². The molecule has 1 aromatic heterocycles. The molecule has 2 unspecified atom stereocenters. The van der Waals surface area contributed by atoms with Gasteiger partial charge in [0, 0.05) is 18.2 Å². The minimum absolute atomic E-state index is 0.307. The zero-order valence-corrected chi connectivity index (χ0v) is 7.82. The van der Waals surface area contributed by atoms with Crippen LogP contribution in [0.3, 0.4) is 0 Å². The fourth-order valence-corrected chi connectivity index (χ4v) is 2.44. The van der Waals surface area contributed by atoms with Crippen LogP contribution in [0.4, 0.5) is 0 Å². The Morgan fingerprint density at radius 1 is 1.57 bits per heavy atom. The largest absolute Gasteiger partial charge is 0.634 e. The van der Waals surface area contributed by atoms with E-state index in [0.29, 0.717) is 24.8 Å². The predicted octanol–water partition coefficient (Wildman–Crippen LogP) is -0.406. The van der Waals surface area contributed by atoms with Gasteiger partial charge in [0.2, 0.25) is 0 Å². The molecule has 0 aromatic carbocycles. The van der Waals surface area contributed by atoms with E-state index in [0.717, 1.165) is 17.7 Å². The van der Waals surface area contributed by atoms with Crippen LogP contribution >= 0.6 is 0 Å². The van der Waals surface area contributed by atoms with Crippen LogP contribution in [0.1, 0.15) is 17.7 Å². The molecular weight excluding hydrogens is 180 g/mol. The van der Waals surface area contributed by atoms with Crippen molar-refractivity contribution in [2.45, 2.75) is 18.6 Å². The Morgan fingerprint density at radius 3 is 3.29 bits per heavy atom. The van der Waals surface area contributed by atoms with Crippen LogP contribution in [-0.2, 0) is 16.9 Å². The molecule has 0 bridgehead atoms. The van der Waals surface area contributed by atoms with Crippen molar-refractivity contribution in [2.75, 3.05) is 13.1 Å². The molecule has 4 heteroatoms. The number of hydrogen-bond donors (Lipinski definition) is 1. The Morgan fingerprint density at radius 2 is 2.50 bits per heavy atom. The van der Waals surface area contributed by atoms with Crippen molar-refractivity contribution in [3.8, 4) is 0 Å². The molecule has 1 spiro atoms. The number of hydroxylamine groups is 2. The molecule has 0 saturated carbocycles. The van der Waals surface area contributed by atoms with E-state index in [4.69, 9.17) is 4.74 Å². The SMILES string of the molecule is [O-][NH+]1CCC2(C1)OCc1ncccc12. The third kappa shape index (κ3) is 1.02. The fourth-order valence-electron chi connectivity index (χ4n) is 2.44. The van der Waals surface area contributed by atoms with Crippen molar-refractivity contribution >= 4 is 0 Å². The van der Waals surface area contributed by atoms with Gasteiger partial charge in [-0.25, -0.2) is 0 Å². The summed E-state index contributed by atoms with van der Waals surface area (Å²) in [6.07, 6.45) is 2.60. The maximum atomic E-state index is 11.3. The number of aromatic nitrogens is 1. The van der Waals surface area contributed by atoms with Gasteiger partial charge in [0.1, 0.15) is 12.1 Å². The van der Waals surface area contributed by atoms with E-state index < -0.39 is 0 Å². The third-order valence-corrected chi connectivity index (χ3v) is 3.16. The monoisotopic (exact) mass is 192 g/mol. The van der Waals surface area contributed by atoms with Gasteiger partial charge in [-0.05, 0) is 6.07 Å². The predicted molar refractivity (Wildman–Crippen MR) is 49.4 cm³/mol. The number of quaternary nitrogens is 1. The van der Waals surface area contributed by atoms with Crippen molar-refractivity contribution in [2.24, 2.45) is 0 Å². The van der Waals surface area contributed by atoms with Gasteiger partial charge in [-0.3, -0.25) is 4.98 Å². The molecule has 0 radical (unpaired) electrons. The van der Waals surface area contributed by atoms with Gasteiger partial charge in [-0.15, -0.1) is 0 Å². The number of nitrogens with one attached hydrogen (secondary N) is 1. The molecule has 14 heavy (non-hydrogen) atoms. The Labute approximate surface area is 82.1 Å². The van der Waals surface area contributed by atoms with E-state index in [-0.39, 0.29) is 5.60 Å². The second-order valence-corrected chi connectivity index (χ2v) is 4.00. The Hall–Kier alpha value is -0.970. The highest BCUT2D eigenvalue weighted by atomic mass is 16.5. The second kappa shape index (κ2) is 2.76. The molecule has 74 valence electrons. The molecule has 0 aliphatic carbocycles. The van der Waals surface area contributed by atoms with E-state index in [2.05, 4.69) is 4.98 Å². The van der Waals surface area contributed by atoms with Crippen molar-refractivity contribution in [1.82, 2.24) is 4.98 Å². The first kappa shape index (κ1) is 8.35. The maximum Gasteiger partial charge on any atom is 0.150 e. The van der Waals surface area contributed by atoms with E-state index in [1.807, 2.05) is 12.1 Å². The van der Waals surface area contributed by atoms with Gasteiger partial charge in [0.15, 0.2) is 0 Å². The molecule has 3 heterocycles. The van der Waals surface area contributed by atoms with Crippen LogP contribution in [0, 0.1) is 5.21 Å². The summed E-state index contributed by atoms with van der Waals surface area (Å²) in [7, 11) is 0. The standard InChI is InChI=1S/C10H12N2O2/c13-12-5-3-10(7-12)8-2-1-4-11-9(8)6-14-10/h1-2,4,12H,3,5-7H2. The maximum absolute atomic E-state index is 11.3. The summed E-state index contributed by atoms with van der Waals surface area (Å²) < 4.78 is 5.76. The Balaban J connectivity index is 2.05. The highest BCUT2D eigenvalue weighted by Gasteiger charge is 2.47. The van der Waals surface area contributed by atoms with Gasteiger partial charge in [0.25, 0.3) is 0 Å². The minimum Gasteiger partial charge on any atom is -0.634 e. The van der Waals surface area contributed by atoms with Gasteiger partial charge >= 0.3 is 0 Å². The summed E-state index contributed by atoms with van der Waals surface area (Å²) in [6, 6.07) is 3.95. The molecular formula is C10H12N2O2. The van der Waals surface area contributed by atoms with Crippen LogP contribution < -0.4 is 5.06 Å². The lowest BCUT2D eigenvalue weighted by Gasteiger charge is -2.22. The summed E-state index contributed by atoms with van der Waals surface area (Å²) in [6.45, 7) is 1.74. The first-order chi connectivity index (χ1) is 6.80. The van der Waals surface area contributed by atoms with Gasteiger partial charge in [-0.1, -0.05) is 6.07 Å². The topological polar surface area (TPSA) is 49.6 Å². The lowest BCUT2D eigenvalue weighted by molar-refractivity contribution is -0.838. The first-order valence-corrected chi connectivity index (χ1v) is 4.90. The van der Waals surface area contributed by atoms with E-state index in [9.17, 15) is 5.21 Å². The fraction of sp³-hybridized carbons (Fsp3) is 0.500. The van der Waals surface area contributed by atoms with Crippen molar-refractivity contribution in [3.05, 3.63) is 34.8 Å². The average Bonchev–Trinajstić information content (AvgIpc) is 2.75. The molecule has 4 nitrogen and oxygen atoms in total. The zero-order valence-electron chi connectivity index (χ0n) is 7.82. The van der Waals surface area contributed by atoms with Crippen LogP contribution in [0.15, 0.2) is 18.3 Å². The summed E-state index contributed by atoms with van der Waals surface area (Å²) in [5, 5.41) is 11.6. The first-order valence-electron chi connectivity index (χ1n) is 4.90. The third-order valence-electron chi connectivity index (χ3n) is 3.16. The molecule has 1 saturated heterocycles. The number of rotatable bonds is 0. The van der Waals surface area contributed by atoms with Gasteiger partial charge in [0.05, 0.1) is 18.8 Å². The van der Waals surface area contributed by atoms with Crippen LogP contribution in [0.25, 0.3) is 0 Å². The lowest BCUT2D eigenvalue weighted by atomic mass is 9.94. The molecule has 2 aliphatic rings. The lowest BCUT2D eigenvalue weighted by Crippen LogP contribution is -3.05. The quantitative estimate of drug-likeness (QED) is 0.569. The van der Waals surface area contributed by atoms with Gasteiger partial charge in [-0.2, -0.15) is 0 Å². The van der Waals surface area contributed by atoms with Gasteiger partial charge < -0.3 is 15.0 Å². The zero-order chi connectivity index (χ0) is 9.60. The number of hydrogen-bond acceptors (Lipinski definition) is 3. The summed E-state index contributed by atoms with van der Waals surface area (Å²) in [5.41, 5.74) is 1.81. The summed E-state index contributed by atoms with van der Waals surface area (Å²) >= 11 is 0. The highest BCUT2D eigenvalue weighted by molar-refractivity contribution is 5.30. The summed E-state index contributed by atoms with van der Waals surface area (Å²) in [4.78, 5) is 4.27. The Kier molecular flexibility index (Phi) is 1.65. The average molecular weight is 192 g/mol. The molecule has 2 aliphatic heterocycles. The van der Waals surface area contributed by atoms with E-state index in [1.54, 1.807) is 6.20 Å². The smallest absolute Gasteiger partial charge is 0.150 e. The number of ether oxygens (including phenoxy) is 1. The molecule has 1 N–H and O–H groups in total. The van der Waals surface area contributed by atoms with Crippen molar-refractivity contribution in [1.29, 1.82) is 0 Å². The van der Waals surface area contributed by atoms with Crippen LogP contribution in [0.5, 0.6) is 0 Å². The van der Waals surface area contributed by atoms with Crippen LogP contribution in [-0.4, -0.2) is 18.1 Å². The molecule has 3 rings (SSSR count). The molecule has 2 atom stereocenters. The molecule has 0 amide bonds. The Bertz CT molecular complexity index is 365. The minimum atomic E-state index is -0.319. The van der Waals surface area contributed by atoms with E-state index in [1.165, 1.54) is 0 Å². The second-order valence-electron chi connectivity index (χ2n) is 4.00. The molecule has 1 aromatic rings. The van der Waals surface area contributed by atoms with Crippen LogP contribution in [0.2, 0.25) is 0 Å². The number of pyridine rings is 1. The molecule has 1 fully saturated rings. The normalized spacial score (nSPS) is 35.1. The number of nitrogens with zero attached hydrogens (tertiary/aromatic N) is 1. The number of fused-ring (bicyclic) bond motifs is 2.